The van der Waals surface area contributed by atoms with E-state index in [2.05, 4.69) is 20.6 Å². The van der Waals surface area contributed by atoms with Crippen molar-refractivity contribution >= 4 is 29.1 Å². The van der Waals surface area contributed by atoms with Crippen molar-refractivity contribution in [2.45, 2.75) is 38.8 Å². The minimum absolute atomic E-state index is 0.00854. The summed E-state index contributed by atoms with van der Waals surface area (Å²) in [5.41, 5.74) is 5.23. The molecule has 9 heteroatoms. The van der Waals surface area contributed by atoms with Gasteiger partial charge in [0, 0.05) is 31.1 Å². The molecule has 0 bridgehead atoms. The smallest absolute Gasteiger partial charge is 0.218 e. The van der Waals surface area contributed by atoms with Crippen LogP contribution in [0.3, 0.4) is 0 Å². The molecule has 0 saturated carbocycles. The van der Waals surface area contributed by atoms with Crippen LogP contribution in [0.4, 0.5) is 10.2 Å². The lowest BCUT2D eigenvalue weighted by atomic mass is 9.97. The second-order valence-electron chi connectivity index (χ2n) is 6.39. The maximum atomic E-state index is 15.3. The Bertz CT molecular complexity index is 860. The lowest BCUT2D eigenvalue weighted by Gasteiger charge is -2.23. The lowest BCUT2D eigenvalue weighted by Crippen LogP contribution is -2.34. The standard InChI is InChI=1S/C19H23ClFN5O2/c1-4-13(26-10(2)7-15(22)27)11-5-6-12(20)17(18(11)21)19(28)14-8-25-16(23-3)9-24-14/h5-6,8-10,13,26H,4,7H2,1-3H3,(H2,22,27)(H,23,25)/t10-,13+/m0/s1. The number of aromatic nitrogens is 2. The van der Waals surface area contributed by atoms with Crippen molar-refractivity contribution in [1.82, 2.24) is 15.3 Å². The molecular weight excluding hydrogens is 385 g/mol. The van der Waals surface area contributed by atoms with E-state index in [1.165, 1.54) is 24.5 Å². The first kappa shape index (κ1) is 21.7. The summed E-state index contributed by atoms with van der Waals surface area (Å²) in [6.45, 7) is 3.65. The number of benzene rings is 1. The van der Waals surface area contributed by atoms with E-state index in [4.69, 9.17) is 17.3 Å². The number of hydrogen-bond donors (Lipinski definition) is 3. The van der Waals surface area contributed by atoms with Gasteiger partial charge in [0.2, 0.25) is 11.7 Å². The Morgan fingerprint density at radius 1 is 1.29 bits per heavy atom. The number of carbonyl (C=O) groups excluding carboxylic acids is 2. The molecule has 0 aliphatic rings. The monoisotopic (exact) mass is 407 g/mol. The first-order chi connectivity index (χ1) is 13.3. The molecule has 0 fully saturated rings. The van der Waals surface area contributed by atoms with Gasteiger partial charge in [-0.15, -0.1) is 0 Å². The fraction of sp³-hybridized carbons (Fsp3) is 0.368. The molecular formula is C19H23ClFN5O2. The molecule has 2 rings (SSSR count). The Morgan fingerprint density at radius 2 is 2.00 bits per heavy atom. The number of amides is 1. The summed E-state index contributed by atoms with van der Waals surface area (Å²) >= 11 is 6.12. The first-order valence-corrected chi connectivity index (χ1v) is 9.23. The Kier molecular flexibility index (Phi) is 7.42. The molecule has 7 nitrogen and oxygen atoms in total. The second kappa shape index (κ2) is 9.57. The molecule has 0 aliphatic heterocycles. The van der Waals surface area contributed by atoms with Gasteiger partial charge in [0.15, 0.2) is 0 Å². The molecule has 28 heavy (non-hydrogen) atoms. The van der Waals surface area contributed by atoms with Crippen molar-refractivity contribution in [1.29, 1.82) is 0 Å². The summed E-state index contributed by atoms with van der Waals surface area (Å²) in [7, 11) is 1.67. The van der Waals surface area contributed by atoms with E-state index in [1.807, 2.05) is 6.92 Å². The molecule has 1 aromatic carbocycles. The van der Waals surface area contributed by atoms with Crippen molar-refractivity contribution in [2.24, 2.45) is 5.73 Å². The van der Waals surface area contributed by atoms with Crippen LogP contribution >= 0.6 is 11.6 Å². The van der Waals surface area contributed by atoms with Crippen molar-refractivity contribution in [3.05, 3.63) is 52.2 Å². The molecule has 0 radical (unpaired) electrons. The molecule has 0 aliphatic carbocycles. The molecule has 1 aromatic heterocycles. The number of anilines is 1. The van der Waals surface area contributed by atoms with Crippen molar-refractivity contribution < 1.29 is 14.0 Å². The van der Waals surface area contributed by atoms with Crippen molar-refractivity contribution in [3.63, 3.8) is 0 Å². The molecule has 2 atom stereocenters. The molecule has 0 spiro atoms. The van der Waals surface area contributed by atoms with Gasteiger partial charge in [0.05, 0.1) is 23.0 Å². The fourth-order valence-electron chi connectivity index (χ4n) is 2.88. The van der Waals surface area contributed by atoms with Crippen LogP contribution in [0.25, 0.3) is 0 Å². The van der Waals surface area contributed by atoms with E-state index in [1.54, 1.807) is 14.0 Å². The quantitative estimate of drug-likeness (QED) is 0.551. The number of nitrogens with two attached hydrogens (primary N) is 1. The highest BCUT2D eigenvalue weighted by Gasteiger charge is 2.25. The third-order valence-electron chi connectivity index (χ3n) is 4.27. The number of rotatable bonds is 9. The molecule has 150 valence electrons. The predicted molar refractivity (Wildman–Crippen MR) is 106 cm³/mol. The summed E-state index contributed by atoms with van der Waals surface area (Å²) < 4.78 is 15.3. The van der Waals surface area contributed by atoms with Crippen LogP contribution in [0, 0.1) is 5.82 Å². The maximum Gasteiger partial charge on any atom is 0.218 e. The van der Waals surface area contributed by atoms with Crippen LogP contribution in [-0.2, 0) is 4.79 Å². The SMILES string of the molecule is CC[C@@H](N[C@@H](C)CC(N)=O)c1ccc(Cl)c(C(=O)c2cnc(NC)cn2)c1F. The fourth-order valence-corrected chi connectivity index (χ4v) is 3.11. The number of carbonyl (C=O) groups is 2. The number of halogens is 2. The minimum Gasteiger partial charge on any atom is -0.372 e. The Morgan fingerprint density at radius 3 is 2.54 bits per heavy atom. The maximum absolute atomic E-state index is 15.3. The highest BCUT2D eigenvalue weighted by molar-refractivity contribution is 6.34. The third-order valence-corrected chi connectivity index (χ3v) is 4.58. The molecule has 0 saturated heterocycles. The van der Waals surface area contributed by atoms with E-state index >= 15 is 4.39 Å². The highest BCUT2D eigenvalue weighted by atomic mass is 35.5. The number of nitrogens with one attached hydrogen (secondary N) is 2. The number of ketones is 1. The average Bonchev–Trinajstić information content (AvgIpc) is 2.66. The van der Waals surface area contributed by atoms with Gasteiger partial charge in [0.25, 0.3) is 0 Å². The molecule has 4 N–H and O–H groups in total. The van der Waals surface area contributed by atoms with Crippen LogP contribution in [0.2, 0.25) is 5.02 Å². The Labute approximate surface area is 167 Å². The van der Waals surface area contributed by atoms with E-state index in [9.17, 15) is 9.59 Å². The molecule has 2 aromatic rings. The van der Waals surface area contributed by atoms with Crippen LogP contribution in [0.1, 0.15) is 54.3 Å². The third kappa shape index (κ3) is 5.02. The van der Waals surface area contributed by atoms with Gasteiger partial charge in [-0.3, -0.25) is 9.59 Å². The van der Waals surface area contributed by atoms with Gasteiger partial charge in [-0.1, -0.05) is 24.6 Å². The summed E-state index contributed by atoms with van der Waals surface area (Å²) in [4.78, 5) is 31.9. The summed E-state index contributed by atoms with van der Waals surface area (Å²) in [5, 5.41) is 5.95. The lowest BCUT2D eigenvalue weighted by molar-refractivity contribution is -0.118. The molecule has 0 unspecified atom stereocenters. The van der Waals surface area contributed by atoms with Crippen LogP contribution in [0.5, 0.6) is 0 Å². The van der Waals surface area contributed by atoms with E-state index in [0.29, 0.717) is 12.2 Å². The molecule has 1 heterocycles. The number of primary amides is 1. The summed E-state index contributed by atoms with van der Waals surface area (Å²) in [6, 6.07) is 2.33. The topological polar surface area (TPSA) is 110 Å². The van der Waals surface area contributed by atoms with Crippen LogP contribution in [0.15, 0.2) is 24.5 Å². The van der Waals surface area contributed by atoms with Gasteiger partial charge in [-0.2, -0.15) is 0 Å². The van der Waals surface area contributed by atoms with Gasteiger partial charge in [-0.05, 0) is 19.4 Å². The van der Waals surface area contributed by atoms with Gasteiger partial charge >= 0.3 is 0 Å². The second-order valence-corrected chi connectivity index (χ2v) is 6.80. The average molecular weight is 408 g/mol. The number of nitrogens with zero attached hydrogens (tertiary/aromatic N) is 2. The van der Waals surface area contributed by atoms with Gasteiger partial charge in [0.1, 0.15) is 17.3 Å². The Balaban J connectivity index is 2.38. The Hall–Kier alpha value is -2.58. The molecule has 1 amide bonds. The zero-order valence-electron chi connectivity index (χ0n) is 15.9. The largest absolute Gasteiger partial charge is 0.372 e. The number of hydrogen-bond acceptors (Lipinski definition) is 6. The van der Waals surface area contributed by atoms with E-state index < -0.39 is 23.5 Å². The van der Waals surface area contributed by atoms with Crippen LogP contribution in [-0.4, -0.2) is 34.7 Å². The zero-order chi connectivity index (χ0) is 20.8. The van der Waals surface area contributed by atoms with Gasteiger partial charge < -0.3 is 16.4 Å². The zero-order valence-corrected chi connectivity index (χ0v) is 16.7. The van der Waals surface area contributed by atoms with Crippen molar-refractivity contribution in [3.8, 4) is 0 Å². The highest BCUT2D eigenvalue weighted by Crippen LogP contribution is 2.29. The predicted octanol–water partition coefficient (Wildman–Crippen LogP) is 2.85. The first-order valence-electron chi connectivity index (χ1n) is 8.85. The normalized spacial score (nSPS) is 13.0. The minimum atomic E-state index is -0.720. The van der Waals surface area contributed by atoms with Crippen molar-refractivity contribution in [2.75, 3.05) is 12.4 Å². The summed E-state index contributed by atoms with van der Waals surface area (Å²) in [5.74, 6) is -1.34. The van der Waals surface area contributed by atoms with E-state index in [0.717, 1.165) is 0 Å². The van der Waals surface area contributed by atoms with Crippen LogP contribution < -0.4 is 16.4 Å². The van der Waals surface area contributed by atoms with Gasteiger partial charge in [-0.25, -0.2) is 14.4 Å². The van der Waals surface area contributed by atoms with E-state index in [-0.39, 0.29) is 34.3 Å². The summed E-state index contributed by atoms with van der Waals surface area (Å²) in [6.07, 6.45) is 3.29.